The van der Waals surface area contributed by atoms with Crippen molar-refractivity contribution in [1.82, 2.24) is 5.32 Å². The lowest BCUT2D eigenvalue weighted by Gasteiger charge is -2.22. The third-order valence-corrected chi connectivity index (χ3v) is 17.3. The molecule has 0 heterocycles. The summed E-state index contributed by atoms with van der Waals surface area (Å²) in [5, 5.41) is 23.4. The molecular formula is C74H143NO5. The summed E-state index contributed by atoms with van der Waals surface area (Å²) in [4.78, 5) is 24.6. The Balaban J connectivity index is 3.33. The van der Waals surface area contributed by atoms with Crippen LogP contribution in [0.4, 0.5) is 0 Å². The van der Waals surface area contributed by atoms with E-state index in [0.717, 1.165) is 51.4 Å². The molecule has 474 valence electrons. The highest BCUT2D eigenvalue weighted by Crippen LogP contribution is 2.19. The molecule has 0 aromatic heterocycles. The van der Waals surface area contributed by atoms with Crippen molar-refractivity contribution in [2.75, 3.05) is 13.2 Å². The second-order valence-corrected chi connectivity index (χ2v) is 25.3. The van der Waals surface area contributed by atoms with Gasteiger partial charge in [-0.25, -0.2) is 0 Å². The van der Waals surface area contributed by atoms with Crippen LogP contribution in [0, 0.1) is 0 Å². The molecule has 0 aromatic rings. The Morgan fingerprint density at radius 3 is 0.963 bits per heavy atom. The topological polar surface area (TPSA) is 95.9 Å². The zero-order chi connectivity index (χ0) is 57.8. The molecule has 0 fully saturated rings. The number of nitrogens with one attached hydrogen (secondary N) is 1. The van der Waals surface area contributed by atoms with Crippen LogP contribution in [0.3, 0.4) is 0 Å². The maximum absolute atomic E-state index is 12.5. The number of ether oxygens (including phenoxy) is 1. The smallest absolute Gasteiger partial charge is 0.305 e. The number of aliphatic hydroxyl groups excluding tert-OH is 2. The van der Waals surface area contributed by atoms with Crippen LogP contribution in [0.2, 0.25) is 0 Å². The van der Waals surface area contributed by atoms with E-state index in [1.807, 2.05) is 0 Å². The number of hydrogen-bond donors (Lipinski definition) is 3. The standard InChI is InChI=1S/C74H143NO5/c1-3-5-7-9-11-13-15-17-19-21-36-40-44-48-52-56-60-64-68-74(79)80-69-65-61-57-53-49-45-41-37-33-31-29-27-25-23-22-24-26-28-30-32-35-39-43-47-51-55-59-63-67-73(78)75-71(70-76)72(77)66-62-58-54-50-46-42-38-34-20-18-16-14-12-10-8-6-4-2/h13,15,19,21,71-72,76-77H,3-12,14,16-18,20,22-70H2,1-2H3,(H,75,78)/b15-13-,21-19-. The highest BCUT2D eigenvalue weighted by molar-refractivity contribution is 5.76. The first-order chi connectivity index (χ1) is 39.5. The number of esters is 1. The number of hydrogen-bond acceptors (Lipinski definition) is 5. The molecule has 80 heavy (non-hydrogen) atoms. The zero-order valence-corrected chi connectivity index (χ0v) is 54.3. The van der Waals surface area contributed by atoms with Gasteiger partial charge in [0.15, 0.2) is 0 Å². The summed E-state index contributed by atoms with van der Waals surface area (Å²) in [5.74, 6) is -0.0157. The van der Waals surface area contributed by atoms with Gasteiger partial charge in [0.05, 0.1) is 25.4 Å². The lowest BCUT2D eigenvalue weighted by Crippen LogP contribution is -2.45. The fourth-order valence-corrected chi connectivity index (χ4v) is 11.7. The first-order valence-electron chi connectivity index (χ1n) is 36.6. The summed E-state index contributed by atoms with van der Waals surface area (Å²) in [6, 6.07) is -0.539. The van der Waals surface area contributed by atoms with Crippen LogP contribution < -0.4 is 5.32 Å². The lowest BCUT2D eigenvalue weighted by atomic mass is 10.0. The molecule has 6 nitrogen and oxygen atoms in total. The van der Waals surface area contributed by atoms with Crippen LogP contribution in [-0.2, 0) is 14.3 Å². The minimum atomic E-state index is -0.662. The highest BCUT2D eigenvalue weighted by atomic mass is 16.5. The van der Waals surface area contributed by atoms with Gasteiger partial charge in [-0.2, -0.15) is 0 Å². The van der Waals surface area contributed by atoms with E-state index in [1.54, 1.807) is 0 Å². The third kappa shape index (κ3) is 65.5. The van der Waals surface area contributed by atoms with Crippen molar-refractivity contribution < 1.29 is 24.5 Å². The number of amides is 1. The Bertz CT molecular complexity index is 1250. The van der Waals surface area contributed by atoms with Crippen molar-refractivity contribution in [3.63, 3.8) is 0 Å². The Morgan fingerprint density at radius 1 is 0.350 bits per heavy atom. The normalized spacial score (nSPS) is 12.6. The summed E-state index contributed by atoms with van der Waals surface area (Å²) in [6.45, 7) is 4.97. The number of allylic oxidation sites excluding steroid dienone is 4. The predicted molar refractivity (Wildman–Crippen MR) is 352 cm³/mol. The van der Waals surface area contributed by atoms with Crippen molar-refractivity contribution in [2.24, 2.45) is 0 Å². The molecule has 0 saturated heterocycles. The first-order valence-corrected chi connectivity index (χ1v) is 36.6. The minimum absolute atomic E-state index is 0.0123. The summed E-state index contributed by atoms with van der Waals surface area (Å²) in [7, 11) is 0. The number of aliphatic hydroxyl groups is 2. The van der Waals surface area contributed by atoms with Gasteiger partial charge in [-0.1, -0.05) is 366 Å². The molecule has 0 aromatic carbocycles. The largest absolute Gasteiger partial charge is 0.466 e. The molecule has 2 atom stereocenters. The van der Waals surface area contributed by atoms with E-state index >= 15 is 0 Å². The zero-order valence-electron chi connectivity index (χ0n) is 54.3. The van der Waals surface area contributed by atoms with E-state index in [-0.39, 0.29) is 18.5 Å². The van der Waals surface area contributed by atoms with E-state index in [9.17, 15) is 19.8 Å². The first kappa shape index (κ1) is 78.3. The van der Waals surface area contributed by atoms with Crippen LogP contribution in [0.15, 0.2) is 24.3 Å². The average molecular weight is 1130 g/mol. The number of carbonyl (C=O) groups is 2. The van der Waals surface area contributed by atoms with Gasteiger partial charge in [-0.15, -0.1) is 0 Å². The van der Waals surface area contributed by atoms with Crippen molar-refractivity contribution in [2.45, 2.75) is 424 Å². The molecule has 0 aliphatic heterocycles. The number of unbranched alkanes of at least 4 members (excludes halogenated alkanes) is 54. The van der Waals surface area contributed by atoms with Crippen LogP contribution in [0.5, 0.6) is 0 Å². The minimum Gasteiger partial charge on any atom is -0.466 e. The fraction of sp³-hybridized carbons (Fsp3) is 0.919. The van der Waals surface area contributed by atoms with Gasteiger partial charge in [-0.05, 0) is 57.8 Å². The van der Waals surface area contributed by atoms with E-state index in [4.69, 9.17) is 4.74 Å². The average Bonchev–Trinajstić information content (AvgIpc) is 3.46. The highest BCUT2D eigenvalue weighted by Gasteiger charge is 2.20. The molecule has 0 saturated carbocycles. The third-order valence-electron chi connectivity index (χ3n) is 17.3. The summed E-state index contributed by atoms with van der Waals surface area (Å²) >= 11 is 0. The summed E-state index contributed by atoms with van der Waals surface area (Å²) < 4.78 is 5.51. The Kier molecular flexibility index (Phi) is 68.4. The lowest BCUT2D eigenvalue weighted by molar-refractivity contribution is -0.143. The summed E-state index contributed by atoms with van der Waals surface area (Å²) in [5.41, 5.74) is 0. The van der Waals surface area contributed by atoms with Gasteiger partial charge in [-0.3, -0.25) is 9.59 Å². The van der Waals surface area contributed by atoms with Crippen molar-refractivity contribution >= 4 is 11.9 Å². The van der Waals surface area contributed by atoms with Gasteiger partial charge in [0, 0.05) is 12.8 Å². The molecule has 0 rings (SSSR count). The molecule has 0 spiro atoms. The molecule has 2 unspecified atom stereocenters. The van der Waals surface area contributed by atoms with Crippen molar-refractivity contribution in [3.8, 4) is 0 Å². The second-order valence-electron chi connectivity index (χ2n) is 25.3. The van der Waals surface area contributed by atoms with E-state index < -0.39 is 12.1 Å². The second kappa shape index (κ2) is 69.8. The SMILES string of the molecule is CCCCCC/C=C\C/C=C\CCCCCCCCCC(=O)OCCCCCCCCCCCCCCCCCCCCCCCCCCCCCCC(=O)NC(CO)C(O)CCCCCCCCCCCCCCCCCCC. The Morgan fingerprint density at radius 2 is 0.625 bits per heavy atom. The molecule has 0 aliphatic rings. The van der Waals surface area contributed by atoms with E-state index in [2.05, 4.69) is 43.5 Å². The van der Waals surface area contributed by atoms with Gasteiger partial charge in [0.2, 0.25) is 5.91 Å². The quantitative estimate of drug-likeness (QED) is 0.0320. The summed E-state index contributed by atoms with van der Waals surface area (Å²) in [6.07, 6.45) is 88.1. The van der Waals surface area contributed by atoms with Crippen LogP contribution >= 0.6 is 0 Å². The van der Waals surface area contributed by atoms with Gasteiger partial charge < -0.3 is 20.3 Å². The predicted octanol–water partition coefficient (Wildman–Crippen LogP) is 23.7. The Labute approximate surface area is 501 Å². The van der Waals surface area contributed by atoms with E-state index in [0.29, 0.717) is 25.9 Å². The van der Waals surface area contributed by atoms with Crippen LogP contribution in [0.1, 0.15) is 412 Å². The van der Waals surface area contributed by atoms with Gasteiger partial charge >= 0.3 is 5.97 Å². The molecule has 0 radical (unpaired) electrons. The molecule has 3 N–H and O–H groups in total. The van der Waals surface area contributed by atoms with Crippen LogP contribution in [0.25, 0.3) is 0 Å². The molecule has 0 aliphatic carbocycles. The molecule has 6 heteroatoms. The van der Waals surface area contributed by atoms with Gasteiger partial charge in [0.25, 0.3) is 0 Å². The van der Waals surface area contributed by atoms with Crippen molar-refractivity contribution in [1.29, 1.82) is 0 Å². The molecular weight excluding hydrogens is 983 g/mol. The Hall–Kier alpha value is -1.66. The van der Waals surface area contributed by atoms with Crippen molar-refractivity contribution in [3.05, 3.63) is 24.3 Å². The molecule has 0 bridgehead atoms. The van der Waals surface area contributed by atoms with Crippen LogP contribution in [-0.4, -0.2) is 47.4 Å². The maximum Gasteiger partial charge on any atom is 0.305 e. The monoisotopic (exact) mass is 1130 g/mol. The number of rotatable bonds is 69. The number of carbonyl (C=O) groups excluding carboxylic acids is 2. The molecule has 1 amide bonds. The van der Waals surface area contributed by atoms with E-state index in [1.165, 1.54) is 327 Å². The fourth-order valence-electron chi connectivity index (χ4n) is 11.7. The maximum atomic E-state index is 12.5. The van der Waals surface area contributed by atoms with Gasteiger partial charge in [0.1, 0.15) is 0 Å².